The van der Waals surface area contributed by atoms with Gasteiger partial charge in [0.05, 0.1) is 11.4 Å². The highest BCUT2D eigenvalue weighted by Crippen LogP contribution is 2.41. The van der Waals surface area contributed by atoms with Crippen LogP contribution in [0.2, 0.25) is 13.1 Å². The van der Waals surface area contributed by atoms with Gasteiger partial charge in [0, 0.05) is 16.7 Å². The van der Waals surface area contributed by atoms with Crippen LogP contribution < -0.4 is 10.4 Å². The van der Waals surface area contributed by atoms with Crippen LogP contribution in [-0.2, 0) is 0 Å². The average molecular weight is 541 g/mol. The second-order valence-corrected chi connectivity index (χ2v) is 15.6. The van der Waals surface area contributed by atoms with E-state index in [9.17, 15) is 0 Å². The van der Waals surface area contributed by atoms with E-state index in [0.29, 0.717) is 0 Å². The third-order valence-corrected chi connectivity index (χ3v) is 12.1. The van der Waals surface area contributed by atoms with E-state index in [1.165, 1.54) is 48.6 Å². The molecule has 1 aromatic heterocycles. The summed E-state index contributed by atoms with van der Waals surface area (Å²) in [6.45, 7) is 4.95. The van der Waals surface area contributed by atoms with Crippen LogP contribution >= 0.6 is 0 Å². The van der Waals surface area contributed by atoms with Crippen LogP contribution in [0.25, 0.3) is 66.6 Å². The maximum atomic E-state index is 5.46. The third-order valence-electron chi connectivity index (χ3n) is 8.60. The highest BCUT2D eigenvalue weighted by atomic mass is 28.3. The number of hydrogen-bond acceptors (Lipinski definition) is 2. The molecule has 0 aliphatic carbocycles. The summed E-state index contributed by atoms with van der Waals surface area (Å²) >= 11 is 0. The van der Waals surface area contributed by atoms with Crippen molar-refractivity contribution in [1.82, 2.24) is 9.97 Å². The van der Waals surface area contributed by atoms with Crippen LogP contribution in [0.15, 0.2) is 133 Å². The lowest BCUT2D eigenvalue weighted by molar-refractivity contribution is 1.20. The van der Waals surface area contributed by atoms with Crippen LogP contribution in [0.3, 0.4) is 0 Å². The van der Waals surface area contributed by atoms with Gasteiger partial charge in [0.2, 0.25) is 0 Å². The second-order valence-electron chi connectivity index (χ2n) is 11.4. The molecular weight excluding hydrogens is 513 g/mol. The molecule has 0 radical (unpaired) electrons. The molecule has 0 amide bonds. The SMILES string of the molecule is C[Si]1(C)c2c(-c3ccccc3)nc(-c3cccc(-c4ccccc4)c3)nc2-c2c1c1ccccc1c1ccccc21. The third kappa shape index (κ3) is 3.63. The lowest BCUT2D eigenvalue weighted by atomic mass is 9.95. The Kier molecular flexibility index (Phi) is 5.31. The summed E-state index contributed by atoms with van der Waals surface area (Å²) in [7, 11) is -2.20. The van der Waals surface area contributed by atoms with Crippen molar-refractivity contribution in [2.45, 2.75) is 13.1 Å². The van der Waals surface area contributed by atoms with Crippen molar-refractivity contribution in [3.8, 4) is 45.0 Å². The van der Waals surface area contributed by atoms with Crippen LogP contribution in [0, 0.1) is 0 Å². The van der Waals surface area contributed by atoms with Crippen molar-refractivity contribution in [1.29, 1.82) is 0 Å². The van der Waals surface area contributed by atoms with Crippen molar-refractivity contribution in [2.24, 2.45) is 0 Å². The van der Waals surface area contributed by atoms with Gasteiger partial charge in [0.15, 0.2) is 5.82 Å². The van der Waals surface area contributed by atoms with Gasteiger partial charge in [-0.05, 0) is 49.1 Å². The minimum absolute atomic E-state index is 0.773. The monoisotopic (exact) mass is 540 g/mol. The molecule has 0 atom stereocenters. The number of aromatic nitrogens is 2. The number of hydrogen-bond donors (Lipinski definition) is 0. The molecule has 0 N–H and O–H groups in total. The Balaban J connectivity index is 1.48. The highest BCUT2D eigenvalue weighted by Gasteiger charge is 2.44. The topological polar surface area (TPSA) is 25.8 Å². The van der Waals surface area contributed by atoms with Crippen LogP contribution in [0.5, 0.6) is 0 Å². The lowest BCUT2D eigenvalue weighted by Crippen LogP contribution is -2.50. The summed E-state index contributed by atoms with van der Waals surface area (Å²) in [6, 6.07) is 47.6. The molecule has 7 aromatic rings. The predicted molar refractivity (Wildman–Crippen MR) is 176 cm³/mol. The quantitative estimate of drug-likeness (QED) is 0.166. The first kappa shape index (κ1) is 24.0. The molecular formula is C38H28N2Si. The van der Waals surface area contributed by atoms with Crippen LogP contribution in [0.1, 0.15) is 0 Å². The maximum Gasteiger partial charge on any atom is 0.160 e. The van der Waals surface area contributed by atoms with Crippen LogP contribution in [0.4, 0.5) is 0 Å². The van der Waals surface area contributed by atoms with Gasteiger partial charge in [0.1, 0.15) is 8.07 Å². The van der Waals surface area contributed by atoms with E-state index in [-0.39, 0.29) is 0 Å². The number of benzene rings is 6. The van der Waals surface area contributed by atoms with Crippen molar-refractivity contribution >= 4 is 40.0 Å². The normalized spacial score (nSPS) is 13.3. The summed E-state index contributed by atoms with van der Waals surface area (Å²) < 4.78 is 0. The molecule has 3 heteroatoms. The van der Waals surface area contributed by atoms with Gasteiger partial charge in [0.25, 0.3) is 0 Å². The van der Waals surface area contributed by atoms with E-state index in [1.807, 2.05) is 0 Å². The molecule has 0 spiro atoms. The first-order valence-electron chi connectivity index (χ1n) is 14.2. The minimum atomic E-state index is -2.20. The molecule has 0 saturated heterocycles. The smallest absolute Gasteiger partial charge is 0.160 e. The number of nitrogens with zero attached hydrogens (tertiary/aromatic N) is 2. The average Bonchev–Trinajstić information content (AvgIpc) is 3.28. The second kappa shape index (κ2) is 9.08. The number of rotatable bonds is 3. The van der Waals surface area contributed by atoms with Crippen LogP contribution in [-0.4, -0.2) is 18.0 Å². The molecule has 6 aromatic carbocycles. The van der Waals surface area contributed by atoms with Gasteiger partial charge in [-0.25, -0.2) is 9.97 Å². The molecule has 0 unspecified atom stereocenters. The first-order valence-corrected chi connectivity index (χ1v) is 17.2. The highest BCUT2D eigenvalue weighted by molar-refractivity contribution is 7.06. The van der Waals surface area contributed by atoms with E-state index >= 15 is 0 Å². The molecule has 1 aliphatic rings. The van der Waals surface area contributed by atoms with Gasteiger partial charge in [-0.3, -0.25) is 0 Å². The molecule has 0 saturated carbocycles. The summed E-state index contributed by atoms with van der Waals surface area (Å²) in [4.78, 5) is 10.8. The van der Waals surface area contributed by atoms with Crippen molar-refractivity contribution in [2.75, 3.05) is 0 Å². The van der Waals surface area contributed by atoms with Crippen molar-refractivity contribution in [3.63, 3.8) is 0 Å². The Morgan fingerprint density at radius 2 is 0.927 bits per heavy atom. The first-order chi connectivity index (χ1) is 20.1. The van der Waals surface area contributed by atoms with E-state index in [2.05, 4.69) is 147 Å². The fourth-order valence-electron chi connectivity index (χ4n) is 6.80. The standard InChI is InChI=1S/C38H28N2Si/c1-41(2)36-32-23-12-10-21-30(32)29-20-9-11-22-31(29)33(36)35-37(41)34(26-16-7-4-8-17-26)39-38(40-35)28-19-13-18-27(24-28)25-14-5-3-6-15-25/h3-24H,1-2H3. The fourth-order valence-corrected chi connectivity index (χ4v) is 10.4. The van der Waals surface area contributed by atoms with E-state index < -0.39 is 8.07 Å². The predicted octanol–water partition coefficient (Wildman–Crippen LogP) is 8.59. The number of fused-ring (bicyclic) bond motifs is 8. The molecule has 2 heterocycles. The largest absolute Gasteiger partial charge is 0.228 e. The molecule has 8 rings (SSSR count). The van der Waals surface area contributed by atoms with E-state index in [4.69, 9.17) is 9.97 Å². The molecule has 194 valence electrons. The van der Waals surface area contributed by atoms with Crippen molar-refractivity contribution < 1.29 is 0 Å². The minimum Gasteiger partial charge on any atom is -0.228 e. The molecule has 0 bridgehead atoms. The van der Waals surface area contributed by atoms with Gasteiger partial charge in [-0.2, -0.15) is 0 Å². The Hall–Kier alpha value is -4.86. The van der Waals surface area contributed by atoms with E-state index in [1.54, 1.807) is 0 Å². The lowest BCUT2D eigenvalue weighted by Gasteiger charge is -2.23. The van der Waals surface area contributed by atoms with Gasteiger partial charge >= 0.3 is 0 Å². The Labute approximate surface area is 241 Å². The zero-order valence-corrected chi connectivity index (χ0v) is 24.1. The maximum absolute atomic E-state index is 5.46. The zero-order chi connectivity index (χ0) is 27.6. The fraction of sp³-hybridized carbons (Fsp3) is 0.0526. The molecule has 2 nitrogen and oxygen atoms in total. The summed E-state index contributed by atoms with van der Waals surface area (Å²) in [5, 5.41) is 8.04. The molecule has 41 heavy (non-hydrogen) atoms. The molecule has 0 fully saturated rings. The Morgan fingerprint density at radius 1 is 0.415 bits per heavy atom. The Morgan fingerprint density at radius 3 is 1.63 bits per heavy atom. The van der Waals surface area contributed by atoms with Gasteiger partial charge in [-0.15, -0.1) is 0 Å². The summed E-state index contributed by atoms with van der Waals surface area (Å²) in [5.74, 6) is 0.773. The van der Waals surface area contributed by atoms with Crippen molar-refractivity contribution in [3.05, 3.63) is 133 Å². The van der Waals surface area contributed by atoms with E-state index in [0.717, 1.165) is 28.3 Å². The van der Waals surface area contributed by atoms with Gasteiger partial charge < -0.3 is 0 Å². The zero-order valence-electron chi connectivity index (χ0n) is 23.1. The summed E-state index contributed by atoms with van der Waals surface area (Å²) in [5.41, 5.74) is 8.00. The molecule has 1 aliphatic heterocycles. The van der Waals surface area contributed by atoms with Gasteiger partial charge in [-0.1, -0.05) is 140 Å². The summed E-state index contributed by atoms with van der Waals surface area (Å²) in [6.07, 6.45) is 0. The Bertz CT molecular complexity index is 2120.